The minimum atomic E-state index is -3.69. The van der Waals surface area contributed by atoms with Crippen molar-refractivity contribution in [2.75, 3.05) is 59.4 Å². The highest BCUT2D eigenvalue weighted by Crippen LogP contribution is 2.34. The first-order valence-corrected chi connectivity index (χ1v) is 14.5. The Morgan fingerprint density at radius 1 is 1.13 bits per heavy atom. The lowest BCUT2D eigenvalue weighted by molar-refractivity contribution is 0.0978. The highest BCUT2D eigenvalue weighted by atomic mass is 35.5. The van der Waals surface area contributed by atoms with Crippen molar-refractivity contribution >= 4 is 55.0 Å². The maximum Gasteiger partial charge on any atom is 0.260 e. The third-order valence-electron chi connectivity index (χ3n) is 6.35. The SMILES string of the molecule is COc1cccc2sc(N(CCCN(C)C)C(=O)c3ccc(S(=O)(=O)N(C)CC4CCCO4)cc3)nc12.Cl. The number of amides is 1. The molecule has 0 bridgehead atoms. The number of rotatable bonds is 11. The number of hydrogen-bond donors (Lipinski definition) is 0. The van der Waals surface area contributed by atoms with Gasteiger partial charge < -0.3 is 14.4 Å². The lowest BCUT2D eigenvalue weighted by Crippen LogP contribution is -2.34. The van der Waals surface area contributed by atoms with Gasteiger partial charge in [-0.2, -0.15) is 4.31 Å². The van der Waals surface area contributed by atoms with Crippen LogP contribution in [0.5, 0.6) is 5.75 Å². The van der Waals surface area contributed by atoms with Crippen LogP contribution in [0.4, 0.5) is 5.13 Å². The lowest BCUT2D eigenvalue weighted by atomic mass is 10.2. The van der Waals surface area contributed by atoms with E-state index in [1.807, 2.05) is 32.3 Å². The molecule has 1 atom stereocenters. The number of methoxy groups -OCH3 is 1. The Hall–Kier alpha value is -2.28. The number of anilines is 1. The van der Waals surface area contributed by atoms with Crippen molar-refractivity contribution in [1.82, 2.24) is 14.2 Å². The van der Waals surface area contributed by atoms with Crippen molar-refractivity contribution < 1.29 is 22.7 Å². The van der Waals surface area contributed by atoms with E-state index in [1.54, 1.807) is 31.2 Å². The van der Waals surface area contributed by atoms with Gasteiger partial charge in [0.15, 0.2) is 5.13 Å². The molecule has 0 saturated carbocycles. The molecular formula is C26H35ClN4O5S2. The highest BCUT2D eigenvalue weighted by molar-refractivity contribution is 7.89. The molecule has 2 heterocycles. The Morgan fingerprint density at radius 3 is 2.50 bits per heavy atom. The molecule has 1 saturated heterocycles. The summed E-state index contributed by atoms with van der Waals surface area (Å²) in [6.45, 7) is 2.27. The summed E-state index contributed by atoms with van der Waals surface area (Å²) in [5.41, 5.74) is 1.11. The maximum atomic E-state index is 13.6. The van der Waals surface area contributed by atoms with Gasteiger partial charge in [0.2, 0.25) is 10.0 Å². The minimum absolute atomic E-state index is 0. The number of nitrogens with zero attached hydrogens (tertiary/aromatic N) is 4. The average Bonchev–Trinajstić information content (AvgIpc) is 3.55. The molecule has 1 aliphatic rings. The van der Waals surface area contributed by atoms with Crippen LogP contribution in [0, 0.1) is 0 Å². The summed E-state index contributed by atoms with van der Waals surface area (Å²) in [4.78, 5) is 22.3. The van der Waals surface area contributed by atoms with Gasteiger partial charge in [-0.25, -0.2) is 13.4 Å². The molecule has 1 amide bonds. The predicted molar refractivity (Wildman–Crippen MR) is 153 cm³/mol. The van der Waals surface area contributed by atoms with Crippen LogP contribution in [0.25, 0.3) is 10.2 Å². The molecule has 0 spiro atoms. The monoisotopic (exact) mass is 582 g/mol. The van der Waals surface area contributed by atoms with Crippen LogP contribution in [-0.2, 0) is 14.8 Å². The van der Waals surface area contributed by atoms with Gasteiger partial charge in [0.1, 0.15) is 11.3 Å². The van der Waals surface area contributed by atoms with E-state index in [0.717, 1.165) is 30.5 Å². The van der Waals surface area contributed by atoms with Crippen molar-refractivity contribution in [1.29, 1.82) is 0 Å². The number of hydrogen-bond acceptors (Lipinski definition) is 8. The first-order valence-electron chi connectivity index (χ1n) is 12.3. The number of fused-ring (bicyclic) bond motifs is 1. The van der Waals surface area contributed by atoms with Crippen LogP contribution < -0.4 is 9.64 Å². The van der Waals surface area contributed by atoms with Crippen molar-refractivity contribution in [3.8, 4) is 5.75 Å². The molecule has 0 aliphatic carbocycles. The molecule has 12 heteroatoms. The maximum absolute atomic E-state index is 13.6. The number of carbonyl (C=O) groups excluding carboxylic acids is 1. The van der Waals surface area contributed by atoms with Gasteiger partial charge in [-0.05, 0) is 76.3 Å². The van der Waals surface area contributed by atoms with Crippen LogP contribution >= 0.6 is 23.7 Å². The van der Waals surface area contributed by atoms with Gasteiger partial charge in [0.05, 0.1) is 22.8 Å². The summed E-state index contributed by atoms with van der Waals surface area (Å²) in [6, 6.07) is 11.8. The van der Waals surface area contributed by atoms with Crippen LogP contribution in [-0.4, -0.2) is 89.1 Å². The second-order valence-electron chi connectivity index (χ2n) is 9.36. The molecular weight excluding hydrogens is 548 g/mol. The molecule has 38 heavy (non-hydrogen) atoms. The average molecular weight is 583 g/mol. The number of carbonyl (C=O) groups is 1. The number of aromatic nitrogens is 1. The number of ether oxygens (including phenoxy) is 2. The van der Waals surface area contributed by atoms with E-state index >= 15 is 0 Å². The fourth-order valence-corrected chi connectivity index (χ4v) is 6.51. The van der Waals surface area contributed by atoms with Gasteiger partial charge in [0.25, 0.3) is 5.91 Å². The van der Waals surface area contributed by atoms with E-state index in [-0.39, 0.29) is 29.3 Å². The molecule has 1 aromatic heterocycles. The molecule has 1 fully saturated rings. The number of sulfonamides is 1. The number of likely N-dealkylation sites (N-methyl/N-ethyl adjacent to an activating group) is 1. The second kappa shape index (κ2) is 13.2. The van der Waals surface area contributed by atoms with E-state index in [1.165, 1.54) is 27.8 Å². The van der Waals surface area contributed by atoms with Crippen molar-refractivity contribution in [2.24, 2.45) is 0 Å². The molecule has 2 aromatic carbocycles. The zero-order chi connectivity index (χ0) is 26.6. The van der Waals surface area contributed by atoms with E-state index in [0.29, 0.717) is 41.7 Å². The summed E-state index contributed by atoms with van der Waals surface area (Å²) in [6.07, 6.45) is 2.48. The molecule has 0 radical (unpaired) electrons. The summed E-state index contributed by atoms with van der Waals surface area (Å²) >= 11 is 1.43. The standard InChI is InChI=1S/C26H34N4O5S2.ClH/c1-28(2)15-7-16-30(26-27-24-22(34-4)9-5-10-23(24)36-26)25(31)19-11-13-21(14-12-19)37(32,33)29(3)18-20-8-6-17-35-20;/h5,9-14,20H,6-8,15-18H2,1-4H3;1H. The fraction of sp³-hybridized carbons (Fsp3) is 0.462. The molecule has 0 N–H and O–H groups in total. The molecule has 1 aliphatic heterocycles. The Labute approximate surface area is 234 Å². The molecule has 3 aromatic rings. The van der Waals surface area contributed by atoms with Gasteiger partial charge >= 0.3 is 0 Å². The lowest BCUT2D eigenvalue weighted by Gasteiger charge is -2.22. The molecule has 4 rings (SSSR count). The third kappa shape index (κ3) is 6.83. The first kappa shape index (κ1) is 30.3. The summed E-state index contributed by atoms with van der Waals surface area (Å²) in [5, 5.41) is 0.580. The summed E-state index contributed by atoms with van der Waals surface area (Å²) < 4.78 is 39.4. The number of halogens is 1. The second-order valence-corrected chi connectivity index (χ2v) is 12.4. The largest absolute Gasteiger partial charge is 0.494 e. The normalized spacial score (nSPS) is 15.7. The molecule has 208 valence electrons. The minimum Gasteiger partial charge on any atom is -0.494 e. The van der Waals surface area contributed by atoms with E-state index in [2.05, 4.69) is 4.90 Å². The zero-order valence-corrected chi connectivity index (χ0v) is 24.6. The Kier molecular flexibility index (Phi) is 10.5. The van der Waals surface area contributed by atoms with Crippen LogP contribution in [0.3, 0.4) is 0 Å². The quantitative estimate of drug-likeness (QED) is 0.336. The number of para-hydroxylation sites is 1. The Balaban J connectivity index is 0.00000400. The molecule has 9 nitrogen and oxygen atoms in total. The third-order valence-corrected chi connectivity index (χ3v) is 9.23. The zero-order valence-electron chi connectivity index (χ0n) is 22.1. The summed E-state index contributed by atoms with van der Waals surface area (Å²) in [5.74, 6) is 0.427. The van der Waals surface area contributed by atoms with Gasteiger partial charge in [-0.3, -0.25) is 9.69 Å². The van der Waals surface area contributed by atoms with Crippen molar-refractivity contribution in [3.05, 3.63) is 48.0 Å². The van der Waals surface area contributed by atoms with E-state index < -0.39 is 10.0 Å². The topological polar surface area (TPSA) is 92.3 Å². The summed E-state index contributed by atoms with van der Waals surface area (Å²) in [7, 11) is 3.45. The predicted octanol–water partition coefficient (Wildman–Crippen LogP) is 4.12. The van der Waals surface area contributed by atoms with Crippen molar-refractivity contribution in [3.63, 3.8) is 0 Å². The van der Waals surface area contributed by atoms with Gasteiger partial charge in [0, 0.05) is 32.3 Å². The van der Waals surface area contributed by atoms with Crippen LogP contribution in [0.1, 0.15) is 29.6 Å². The highest BCUT2D eigenvalue weighted by Gasteiger charge is 2.27. The van der Waals surface area contributed by atoms with Gasteiger partial charge in [-0.15, -0.1) is 12.4 Å². The smallest absolute Gasteiger partial charge is 0.260 e. The Morgan fingerprint density at radius 2 is 1.87 bits per heavy atom. The van der Waals surface area contributed by atoms with Crippen LogP contribution in [0.15, 0.2) is 47.4 Å². The van der Waals surface area contributed by atoms with E-state index in [9.17, 15) is 13.2 Å². The van der Waals surface area contributed by atoms with Crippen LogP contribution in [0.2, 0.25) is 0 Å². The Bertz CT molecular complexity index is 1330. The van der Waals surface area contributed by atoms with E-state index in [4.69, 9.17) is 14.5 Å². The first-order chi connectivity index (χ1) is 17.7. The number of benzene rings is 2. The van der Waals surface area contributed by atoms with Gasteiger partial charge in [-0.1, -0.05) is 17.4 Å². The number of thiazole rings is 1. The fourth-order valence-electron chi connectivity index (χ4n) is 4.30. The van der Waals surface area contributed by atoms with Crippen molar-refractivity contribution in [2.45, 2.75) is 30.3 Å². The molecule has 1 unspecified atom stereocenters.